The maximum Gasteiger partial charge on any atom is 0.167 e. The lowest BCUT2D eigenvalue weighted by Gasteiger charge is -2.16. The number of aryl methyl sites for hydroxylation is 4. The van der Waals surface area contributed by atoms with Crippen molar-refractivity contribution in [3.63, 3.8) is 0 Å². The molecule has 3 aromatic carbocycles. The van der Waals surface area contributed by atoms with Crippen molar-refractivity contribution in [3.05, 3.63) is 98.9 Å². The molecule has 0 spiro atoms. The summed E-state index contributed by atoms with van der Waals surface area (Å²) < 4.78 is 0. The highest BCUT2D eigenvalue weighted by Gasteiger charge is 2.20. The predicted octanol–water partition coefficient (Wildman–Crippen LogP) is 11.4. The minimum Gasteiger partial charge on any atom is -0.507 e. The summed E-state index contributed by atoms with van der Waals surface area (Å²) in [5.74, 6) is 2.77. The summed E-state index contributed by atoms with van der Waals surface area (Å²) in [5.41, 5.74) is 11.4. The standard InChI is InChI=1S/C31H33N3O.C6H14.C3H8/c1-9-24(27-16-17(2)10-11-20(27)5)29-32-30(25-14-12-18(3)21(6)23(25)8)34-31(33-29)26-15-13-19(4)22(7)28(26)35;1-4-5-6(2)3;1-3-2/h9-16,35H,1-8H3;6H,4-5H2,1-3H3;3H2,1-2H3/b24-9+;;. The van der Waals surface area contributed by atoms with E-state index in [-0.39, 0.29) is 5.75 Å². The van der Waals surface area contributed by atoms with Crippen LogP contribution in [0.3, 0.4) is 0 Å². The lowest BCUT2D eigenvalue weighted by molar-refractivity contribution is 0.472. The molecule has 1 N–H and O–H groups in total. The molecule has 0 aliphatic rings. The topological polar surface area (TPSA) is 58.9 Å². The molecule has 0 radical (unpaired) electrons. The number of phenols is 1. The Morgan fingerprint density at radius 2 is 1.23 bits per heavy atom. The van der Waals surface area contributed by atoms with Crippen molar-refractivity contribution in [3.8, 4) is 28.5 Å². The van der Waals surface area contributed by atoms with Gasteiger partial charge in [0.15, 0.2) is 17.5 Å². The van der Waals surface area contributed by atoms with Gasteiger partial charge in [0, 0.05) is 11.1 Å². The van der Waals surface area contributed by atoms with Crippen LogP contribution in [-0.2, 0) is 0 Å². The van der Waals surface area contributed by atoms with Crippen molar-refractivity contribution in [2.75, 3.05) is 0 Å². The van der Waals surface area contributed by atoms with Crippen molar-refractivity contribution in [2.45, 2.75) is 109 Å². The van der Waals surface area contributed by atoms with Crippen LogP contribution in [0.5, 0.6) is 5.75 Å². The lowest BCUT2D eigenvalue weighted by atomic mass is 9.96. The van der Waals surface area contributed by atoms with Crippen molar-refractivity contribution in [2.24, 2.45) is 5.92 Å². The third kappa shape index (κ3) is 9.11. The number of nitrogens with zero attached hydrogens (tertiary/aromatic N) is 3. The van der Waals surface area contributed by atoms with E-state index in [0.717, 1.165) is 44.9 Å². The minimum absolute atomic E-state index is 0.207. The average molecular weight is 594 g/mol. The van der Waals surface area contributed by atoms with Gasteiger partial charge in [-0.25, -0.2) is 15.0 Å². The summed E-state index contributed by atoms with van der Waals surface area (Å²) in [4.78, 5) is 14.8. The number of rotatable bonds is 6. The predicted molar refractivity (Wildman–Crippen MR) is 190 cm³/mol. The number of hydrogen-bond acceptors (Lipinski definition) is 4. The van der Waals surface area contributed by atoms with Crippen LogP contribution in [0.2, 0.25) is 0 Å². The van der Waals surface area contributed by atoms with Crippen molar-refractivity contribution in [1.29, 1.82) is 0 Å². The second-order valence-corrected chi connectivity index (χ2v) is 12.3. The van der Waals surface area contributed by atoms with Crippen LogP contribution in [0.25, 0.3) is 28.3 Å². The molecule has 0 fully saturated rings. The van der Waals surface area contributed by atoms with Gasteiger partial charge in [-0.05, 0) is 106 Å². The summed E-state index contributed by atoms with van der Waals surface area (Å²) in [6.07, 6.45) is 6.01. The van der Waals surface area contributed by atoms with Crippen LogP contribution in [0.4, 0.5) is 0 Å². The van der Waals surface area contributed by atoms with Gasteiger partial charge in [0.2, 0.25) is 0 Å². The molecule has 0 bridgehead atoms. The highest BCUT2D eigenvalue weighted by atomic mass is 16.3. The summed E-state index contributed by atoms with van der Waals surface area (Å²) >= 11 is 0. The summed E-state index contributed by atoms with van der Waals surface area (Å²) in [6.45, 7) is 27.4. The zero-order valence-electron chi connectivity index (χ0n) is 29.6. The number of hydrogen-bond donors (Lipinski definition) is 1. The van der Waals surface area contributed by atoms with E-state index in [4.69, 9.17) is 15.0 Å². The van der Waals surface area contributed by atoms with Gasteiger partial charge in [0.25, 0.3) is 0 Å². The van der Waals surface area contributed by atoms with Crippen molar-refractivity contribution in [1.82, 2.24) is 15.0 Å². The van der Waals surface area contributed by atoms with E-state index in [9.17, 15) is 5.11 Å². The molecule has 0 saturated carbocycles. The number of benzene rings is 3. The van der Waals surface area contributed by atoms with Gasteiger partial charge >= 0.3 is 0 Å². The van der Waals surface area contributed by atoms with E-state index in [1.54, 1.807) is 0 Å². The number of allylic oxidation sites excluding steroid dienone is 1. The van der Waals surface area contributed by atoms with Crippen molar-refractivity contribution < 1.29 is 5.11 Å². The van der Waals surface area contributed by atoms with Gasteiger partial charge < -0.3 is 5.11 Å². The highest BCUT2D eigenvalue weighted by molar-refractivity contribution is 5.80. The molecule has 0 amide bonds. The maximum absolute atomic E-state index is 11.0. The Kier molecular flexibility index (Phi) is 14.0. The number of aromatic nitrogens is 3. The molecule has 0 aliphatic carbocycles. The van der Waals surface area contributed by atoms with Gasteiger partial charge in [-0.1, -0.05) is 102 Å². The van der Waals surface area contributed by atoms with Crippen LogP contribution >= 0.6 is 0 Å². The van der Waals surface area contributed by atoms with Crippen molar-refractivity contribution >= 4 is 5.57 Å². The fourth-order valence-corrected chi connectivity index (χ4v) is 4.93. The van der Waals surface area contributed by atoms with Gasteiger partial charge in [-0.15, -0.1) is 0 Å². The fraction of sp³-hybridized carbons (Fsp3) is 0.425. The lowest BCUT2D eigenvalue weighted by Crippen LogP contribution is -2.06. The smallest absolute Gasteiger partial charge is 0.167 e. The molecular formula is C40H55N3O. The molecule has 0 saturated heterocycles. The third-order valence-electron chi connectivity index (χ3n) is 7.96. The Morgan fingerprint density at radius 3 is 1.75 bits per heavy atom. The van der Waals surface area contributed by atoms with Crippen LogP contribution in [0.1, 0.15) is 111 Å². The Morgan fingerprint density at radius 1 is 0.705 bits per heavy atom. The molecule has 0 atom stereocenters. The first-order valence-electron chi connectivity index (χ1n) is 16.2. The van der Waals surface area contributed by atoms with Gasteiger partial charge in [0.1, 0.15) is 5.75 Å². The maximum atomic E-state index is 11.0. The second-order valence-electron chi connectivity index (χ2n) is 12.3. The summed E-state index contributed by atoms with van der Waals surface area (Å²) in [6, 6.07) is 14.5. The zero-order chi connectivity index (χ0) is 33.1. The minimum atomic E-state index is 0.207. The molecule has 44 heavy (non-hydrogen) atoms. The first kappa shape index (κ1) is 36.4. The Hall–Kier alpha value is -3.79. The highest BCUT2D eigenvalue weighted by Crippen LogP contribution is 2.35. The first-order valence-corrected chi connectivity index (χ1v) is 16.2. The molecule has 4 nitrogen and oxygen atoms in total. The SMILES string of the molecule is C/C=C(/c1nc(-c2ccc(C)c(C)c2C)nc(-c2ccc(C)c(C)c2O)n1)c1cc(C)ccc1C.CCC.CCCC(C)C. The summed E-state index contributed by atoms with van der Waals surface area (Å²) in [7, 11) is 0. The largest absolute Gasteiger partial charge is 0.507 e. The fourth-order valence-electron chi connectivity index (χ4n) is 4.93. The van der Waals surface area contributed by atoms with Crippen LogP contribution in [0.15, 0.2) is 48.5 Å². The van der Waals surface area contributed by atoms with E-state index in [2.05, 4.69) is 106 Å². The van der Waals surface area contributed by atoms with E-state index >= 15 is 0 Å². The number of aromatic hydroxyl groups is 1. The van der Waals surface area contributed by atoms with Crippen LogP contribution in [0, 0.1) is 54.4 Å². The molecule has 1 aromatic heterocycles. The molecule has 4 rings (SSSR count). The Bertz CT molecular complexity index is 1500. The van der Waals surface area contributed by atoms with Crippen LogP contribution in [-0.4, -0.2) is 20.1 Å². The van der Waals surface area contributed by atoms with Gasteiger partial charge in [-0.2, -0.15) is 0 Å². The van der Waals surface area contributed by atoms with E-state index in [0.29, 0.717) is 23.0 Å². The molecule has 236 valence electrons. The zero-order valence-corrected chi connectivity index (χ0v) is 29.6. The van der Waals surface area contributed by atoms with E-state index < -0.39 is 0 Å². The molecule has 4 aromatic rings. The third-order valence-corrected chi connectivity index (χ3v) is 7.96. The Labute approximate surface area is 267 Å². The van der Waals surface area contributed by atoms with Gasteiger partial charge in [0.05, 0.1) is 5.56 Å². The average Bonchev–Trinajstić information content (AvgIpc) is 2.97. The first-order chi connectivity index (χ1) is 20.8. The van der Waals surface area contributed by atoms with Gasteiger partial charge in [-0.3, -0.25) is 0 Å². The molecule has 0 unspecified atom stereocenters. The van der Waals surface area contributed by atoms with E-state index in [1.165, 1.54) is 36.0 Å². The van der Waals surface area contributed by atoms with E-state index in [1.807, 2.05) is 32.9 Å². The normalized spacial score (nSPS) is 11.1. The Balaban J connectivity index is 0.000000660. The van der Waals surface area contributed by atoms with Crippen LogP contribution < -0.4 is 0 Å². The summed E-state index contributed by atoms with van der Waals surface area (Å²) in [5, 5.41) is 11.0. The second kappa shape index (κ2) is 16.9. The molecule has 1 heterocycles. The molecule has 0 aliphatic heterocycles. The quantitative estimate of drug-likeness (QED) is 0.241. The monoisotopic (exact) mass is 593 g/mol. The molecule has 4 heteroatoms. The molecular weight excluding hydrogens is 538 g/mol. The number of phenolic OH excluding ortho intramolecular Hbond substituents is 1.